The van der Waals surface area contributed by atoms with Gasteiger partial charge in [0.15, 0.2) is 0 Å². The molecule has 1 atom stereocenters. The molecule has 0 spiro atoms. The summed E-state index contributed by atoms with van der Waals surface area (Å²) in [6.45, 7) is 10.3. The fourth-order valence-corrected chi connectivity index (χ4v) is 1.58. The number of nitrogens with zero attached hydrogens (tertiary/aromatic N) is 1. The normalized spacial score (nSPS) is 24.9. The Morgan fingerprint density at radius 2 is 2.29 bits per heavy atom. The second-order valence-corrected chi connectivity index (χ2v) is 4.96. The average molecular weight is 237 g/mol. The Morgan fingerprint density at radius 3 is 2.76 bits per heavy atom. The molecule has 1 fully saturated rings. The minimum atomic E-state index is -0.902. The first-order valence-electron chi connectivity index (χ1n) is 5.54. The third kappa shape index (κ3) is 3.01. The van der Waals surface area contributed by atoms with Gasteiger partial charge in [-0.1, -0.05) is 18.6 Å². The zero-order valence-electron chi connectivity index (χ0n) is 10.7. The molecule has 1 amide bonds. The minimum absolute atomic E-state index is 0.256. The first kappa shape index (κ1) is 13.6. The Morgan fingerprint density at radius 1 is 1.65 bits per heavy atom. The average Bonchev–Trinajstić information content (AvgIpc) is 2.26. The fourth-order valence-electron chi connectivity index (χ4n) is 1.58. The van der Waals surface area contributed by atoms with Crippen molar-refractivity contribution in [3.63, 3.8) is 0 Å². The highest BCUT2D eigenvalue weighted by Crippen LogP contribution is 2.23. The number of hydrogen-bond donors (Lipinski definition) is 0. The number of morpholine rings is 1. The molecule has 94 valence electrons. The minimum Gasteiger partial charge on any atom is -0.444 e. The maximum Gasteiger partial charge on any atom is 0.411 e. The van der Waals surface area contributed by atoms with Crippen LogP contribution in [-0.2, 0) is 9.47 Å². The van der Waals surface area contributed by atoms with Crippen molar-refractivity contribution in [3.8, 4) is 12.3 Å². The molecular formula is C13H19NO3. The molecule has 17 heavy (non-hydrogen) atoms. The Kier molecular flexibility index (Phi) is 3.84. The number of ether oxygens (including phenoxy) is 2. The second kappa shape index (κ2) is 4.80. The molecule has 0 aromatic carbocycles. The van der Waals surface area contributed by atoms with Crippen LogP contribution in [0, 0.1) is 12.3 Å². The molecule has 4 heteroatoms. The molecule has 0 saturated carbocycles. The summed E-state index contributed by atoms with van der Waals surface area (Å²) in [6, 6.07) is 0. The Balaban J connectivity index is 2.90. The van der Waals surface area contributed by atoms with Crippen molar-refractivity contribution in [1.29, 1.82) is 0 Å². The predicted molar refractivity (Wildman–Crippen MR) is 65.5 cm³/mol. The Hall–Kier alpha value is -1.47. The molecule has 1 aliphatic rings. The van der Waals surface area contributed by atoms with E-state index in [0.717, 1.165) is 0 Å². The summed E-state index contributed by atoms with van der Waals surface area (Å²) in [5.41, 5.74) is -1.45. The quantitative estimate of drug-likeness (QED) is 0.515. The van der Waals surface area contributed by atoms with Crippen molar-refractivity contribution in [2.45, 2.75) is 31.9 Å². The molecule has 0 bridgehead atoms. The molecule has 1 saturated heterocycles. The van der Waals surface area contributed by atoms with Gasteiger partial charge in [0.1, 0.15) is 11.1 Å². The Bertz CT molecular complexity index is 351. The van der Waals surface area contributed by atoms with Gasteiger partial charge >= 0.3 is 6.09 Å². The van der Waals surface area contributed by atoms with E-state index in [2.05, 4.69) is 12.5 Å². The highest BCUT2D eigenvalue weighted by molar-refractivity contribution is 5.71. The van der Waals surface area contributed by atoms with E-state index in [4.69, 9.17) is 15.9 Å². The van der Waals surface area contributed by atoms with E-state index in [-0.39, 0.29) is 6.61 Å². The fraction of sp³-hybridized carbons (Fsp3) is 0.615. The summed E-state index contributed by atoms with van der Waals surface area (Å²) in [7, 11) is 0. The van der Waals surface area contributed by atoms with Crippen LogP contribution in [0.5, 0.6) is 0 Å². The van der Waals surface area contributed by atoms with Gasteiger partial charge in [-0.3, -0.25) is 4.90 Å². The van der Waals surface area contributed by atoms with Crippen molar-refractivity contribution in [2.24, 2.45) is 0 Å². The molecule has 0 aromatic rings. The summed E-state index contributed by atoms with van der Waals surface area (Å²) < 4.78 is 10.6. The molecule has 1 rings (SSSR count). The van der Waals surface area contributed by atoms with Crippen LogP contribution in [0.25, 0.3) is 0 Å². The van der Waals surface area contributed by atoms with Gasteiger partial charge in [0.25, 0.3) is 0 Å². The maximum atomic E-state index is 12.1. The molecule has 0 aromatic heterocycles. The van der Waals surface area contributed by atoms with Crippen LogP contribution in [0.1, 0.15) is 20.8 Å². The third-order valence-electron chi connectivity index (χ3n) is 2.46. The van der Waals surface area contributed by atoms with Gasteiger partial charge in [0.05, 0.1) is 13.2 Å². The van der Waals surface area contributed by atoms with Crippen molar-refractivity contribution in [2.75, 3.05) is 19.8 Å². The number of terminal acetylenes is 1. The van der Waals surface area contributed by atoms with E-state index in [0.29, 0.717) is 13.2 Å². The third-order valence-corrected chi connectivity index (χ3v) is 2.46. The number of hydrogen-bond acceptors (Lipinski definition) is 3. The van der Waals surface area contributed by atoms with E-state index in [9.17, 15) is 4.79 Å². The van der Waals surface area contributed by atoms with E-state index >= 15 is 0 Å². The standard InChI is InChI=1S/C13H19NO3/c1-6-13(7-2)10-16-9-8-14(13)11(15)17-12(3,4)5/h1,7H,2,8-10H2,3-5H3. The van der Waals surface area contributed by atoms with Crippen LogP contribution in [0.3, 0.4) is 0 Å². The van der Waals surface area contributed by atoms with Crippen molar-refractivity contribution >= 4 is 6.09 Å². The molecule has 1 heterocycles. The number of rotatable bonds is 1. The summed E-state index contributed by atoms with van der Waals surface area (Å²) in [6.07, 6.45) is 6.61. The number of carbonyl (C=O) groups is 1. The molecule has 1 aliphatic heterocycles. The lowest BCUT2D eigenvalue weighted by atomic mass is 9.98. The maximum absolute atomic E-state index is 12.1. The first-order chi connectivity index (χ1) is 7.84. The largest absolute Gasteiger partial charge is 0.444 e. The number of carbonyl (C=O) groups excluding carboxylic acids is 1. The van der Waals surface area contributed by atoms with Gasteiger partial charge < -0.3 is 9.47 Å². The smallest absolute Gasteiger partial charge is 0.411 e. The van der Waals surface area contributed by atoms with Gasteiger partial charge in [-0.25, -0.2) is 4.79 Å². The summed E-state index contributed by atoms with van der Waals surface area (Å²) >= 11 is 0. The molecule has 0 N–H and O–H groups in total. The molecule has 1 unspecified atom stereocenters. The van der Waals surface area contributed by atoms with Crippen LogP contribution < -0.4 is 0 Å². The van der Waals surface area contributed by atoms with Crippen molar-refractivity contribution in [1.82, 2.24) is 4.90 Å². The predicted octanol–water partition coefficient (Wildman–Crippen LogP) is 1.81. The van der Waals surface area contributed by atoms with Gasteiger partial charge in [0.2, 0.25) is 0 Å². The van der Waals surface area contributed by atoms with Crippen LogP contribution in [0.2, 0.25) is 0 Å². The zero-order valence-corrected chi connectivity index (χ0v) is 10.7. The zero-order chi connectivity index (χ0) is 13.1. The lowest BCUT2D eigenvalue weighted by molar-refractivity contribution is -0.0395. The molecular weight excluding hydrogens is 218 g/mol. The Labute approximate surface area is 103 Å². The van der Waals surface area contributed by atoms with E-state index in [1.807, 2.05) is 20.8 Å². The van der Waals surface area contributed by atoms with E-state index < -0.39 is 17.2 Å². The number of amides is 1. The molecule has 0 radical (unpaired) electrons. The summed E-state index contributed by atoms with van der Waals surface area (Å²) in [5, 5.41) is 0. The van der Waals surface area contributed by atoms with Crippen LogP contribution in [0.4, 0.5) is 4.79 Å². The second-order valence-electron chi connectivity index (χ2n) is 4.96. The van der Waals surface area contributed by atoms with Crippen LogP contribution in [0.15, 0.2) is 12.7 Å². The van der Waals surface area contributed by atoms with Crippen LogP contribution in [-0.4, -0.2) is 41.9 Å². The van der Waals surface area contributed by atoms with E-state index in [1.54, 1.807) is 6.08 Å². The SMILES string of the molecule is C#CC1(C=C)COCCN1C(=O)OC(C)(C)C. The molecule has 4 nitrogen and oxygen atoms in total. The molecule has 0 aliphatic carbocycles. The van der Waals surface area contributed by atoms with Gasteiger partial charge in [-0.15, -0.1) is 6.42 Å². The first-order valence-corrected chi connectivity index (χ1v) is 5.54. The summed E-state index contributed by atoms with van der Waals surface area (Å²) in [4.78, 5) is 13.5. The van der Waals surface area contributed by atoms with Gasteiger partial charge in [-0.05, 0) is 20.8 Å². The van der Waals surface area contributed by atoms with Gasteiger partial charge in [0, 0.05) is 6.54 Å². The highest BCUT2D eigenvalue weighted by atomic mass is 16.6. The topological polar surface area (TPSA) is 38.8 Å². The monoisotopic (exact) mass is 237 g/mol. The van der Waals surface area contributed by atoms with Crippen molar-refractivity contribution in [3.05, 3.63) is 12.7 Å². The summed E-state index contributed by atoms with van der Waals surface area (Å²) in [5.74, 6) is 2.57. The lowest BCUT2D eigenvalue weighted by Gasteiger charge is -2.41. The highest BCUT2D eigenvalue weighted by Gasteiger charge is 2.40. The lowest BCUT2D eigenvalue weighted by Crippen LogP contribution is -2.58. The van der Waals surface area contributed by atoms with E-state index in [1.165, 1.54) is 4.90 Å². The van der Waals surface area contributed by atoms with Crippen LogP contribution >= 0.6 is 0 Å². The van der Waals surface area contributed by atoms with Crippen molar-refractivity contribution < 1.29 is 14.3 Å². The van der Waals surface area contributed by atoms with Gasteiger partial charge in [-0.2, -0.15) is 0 Å².